The van der Waals surface area contributed by atoms with Crippen LogP contribution < -0.4 is 10.6 Å². The molecular weight excluding hydrogens is 286 g/mol. The second-order valence-corrected chi connectivity index (χ2v) is 7.43. The van der Waals surface area contributed by atoms with E-state index in [0.717, 1.165) is 12.8 Å². The van der Waals surface area contributed by atoms with Crippen LogP contribution in [-0.2, 0) is 16.0 Å². The van der Waals surface area contributed by atoms with Crippen LogP contribution in [0.15, 0.2) is 5.38 Å². The summed E-state index contributed by atoms with van der Waals surface area (Å²) in [5, 5.41) is 8.21. The highest BCUT2D eigenvalue weighted by molar-refractivity contribution is 7.13. The number of rotatable bonds is 4. The fourth-order valence-corrected chi connectivity index (χ4v) is 2.95. The van der Waals surface area contributed by atoms with Gasteiger partial charge in [0.2, 0.25) is 11.8 Å². The first-order valence-corrected chi connectivity index (χ1v) is 8.28. The van der Waals surface area contributed by atoms with Crippen LogP contribution in [0, 0.1) is 5.41 Å². The van der Waals surface area contributed by atoms with Gasteiger partial charge in [-0.05, 0) is 12.8 Å². The average molecular weight is 309 g/mol. The minimum atomic E-state index is -0.453. The van der Waals surface area contributed by atoms with Crippen molar-refractivity contribution in [3.63, 3.8) is 0 Å². The van der Waals surface area contributed by atoms with Crippen LogP contribution in [0.4, 0.5) is 5.13 Å². The summed E-state index contributed by atoms with van der Waals surface area (Å²) < 4.78 is 0. The first kappa shape index (κ1) is 15.9. The van der Waals surface area contributed by atoms with Crippen LogP contribution in [-0.4, -0.2) is 22.8 Å². The summed E-state index contributed by atoms with van der Waals surface area (Å²) in [6, 6.07) is 0.330. The summed E-state index contributed by atoms with van der Waals surface area (Å²) in [7, 11) is 0. The maximum absolute atomic E-state index is 11.9. The fraction of sp³-hybridized carbons (Fsp3) is 0.667. The zero-order valence-electron chi connectivity index (χ0n) is 12.9. The number of thiazole rings is 1. The highest BCUT2D eigenvalue weighted by atomic mass is 32.1. The van der Waals surface area contributed by atoms with Crippen LogP contribution in [0.3, 0.4) is 0 Å². The van der Waals surface area contributed by atoms with Gasteiger partial charge in [0.25, 0.3) is 0 Å². The number of hydrogen-bond acceptors (Lipinski definition) is 4. The van der Waals surface area contributed by atoms with Gasteiger partial charge < -0.3 is 10.6 Å². The molecule has 1 aromatic rings. The second-order valence-electron chi connectivity index (χ2n) is 6.57. The SMILES string of the molecule is CC(C)(C)C(=O)Nc1nc(CC(=O)NC2CCCC2)cs1. The third-order valence-electron chi connectivity index (χ3n) is 3.52. The summed E-state index contributed by atoms with van der Waals surface area (Å²) in [5.41, 5.74) is 0.255. The van der Waals surface area contributed by atoms with Gasteiger partial charge >= 0.3 is 0 Å². The van der Waals surface area contributed by atoms with E-state index in [1.165, 1.54) is 24.2 Å². The molecule has 0 atom stereocenters. The van der Waals surface area contributed by atoms with E-state index in [4.69, 9.17) is 0 Å². The topological polar surface area (TPSA) is 71.1 Å². The Labute approximate surface area is 129 Å². The number of aromatic nitrogens is 1. The minimum absolute atomic E-state index is 0.0147. The Morgan fingerprint density at radius 3 is 2.62 bits per heavy atom. The highest BCUT2D eigenvalue weighted by Crippen LogP contribution is 2.21. The number of anilines is 1. The minimum Gasteiger partial charge on any atom is -0.353 e. The summed E-state index contributed by atoms with van der Waals surface area (Å²) >= 11 is 1.36. The van der Waals surface area contributed by atoms with Gasteiger partial charge in [-0.3, -0.25) is 9.59 Å². The van der Waals surface area contributed by atoms with Crippen LogP contribution in [0.5, 0.6) is 0 Å². The number of nitrogens with zero attached hydrogens (tertiary/aromatic N) is 1. The Kier molecular flexibility index (Phi) is 4.98. The molecule has 5 nitrogen and oxygen atoms in total. The quantitative estimate of drug-likeness (QED) is 0.898. The number of hydrogen-bond donors (Lipinski definition) is 2. The Bertz CT molecular complexity index is 513. The summed E-state index contributed by atoms with van der Waals surface area (Å²) in [4.78, 5) is 28.1. The molecule has 1 aliphatic carbocycles. The number of carbonyl (C=O) groups is 2. The Balaban J connectivity index is 1.85. The van der Waals surface area contributed by atoms with Gasteiger partial charge in [-0.15, -0.1) is 11.3 Å². The van der Waals surface area contributed by atoms with E-state index in [9.17, 15) is 9.59 Å². The van der Waals surface area contributed by atoms with Crippen molar-refractivity contribution < 1.29 is 9.59 Å². The summed E-state index contributed by atoms with van der Waals surface area (Å²) in [6.07, 6.45) is 4.83. The monoisotopic (exact) mass is 309 g/mol. The van der Waals surface area contributed by atoms with Gasteiger partial charge in [0.15, 0.2) is 5.13 Å². The lowest BCUT2D eigenvalue weighted by Crippen LogP contribution is -2.33. The fourth-order valence-electron chi connectivity index (χ4n) is 2.24. The maximum atomic E-state index is 11.9. The number of nitrogens with one attached hydrogen (secondary N) is 2. The van der Waals surface area contributed by atoms with Crippen molar-refractivity contribution >= 4 is 28.3 Å². The molecule has 21 heavy (non-hydrogen) atoms. The molecule has 2 N–H and O–H groups in total. The molecule has 1 heterocycles. The third-order valence-corrected chi connectivity index (χ3v) is 4.32. The predicted molar refractivity (Wildman–Crippen MR) is 84.3 cm³/mol. The van der Waals surface area contributed by atoms with Gasteiger partial charge in [-0.25, -0.2) is 4.98 Å². The molecular formula is C15H23N3O2S. The van der Waals surface area contributed by atoms with Crippen molar-refractivity contribution in [2.45, 2.75) is 58.9 Å². The number of carbonyl (C=O) groups excluding carboxylic acids is 2. The predicted octanol–water partition coefficient (Wildman–Crippen LogP) is 2.73. The van der Waals surface area contributed by atoms with Crippen LogP contribution in [0.25, 0.3) is 0 Å². The molecule has 116 valence electrons. The lowest BCUT2D eigenvalue weighted by atomic mass is 9.96. The zero-order valence-corrected chi connectivity index (χ0v) is 13.7. The molecule has 0 radical (unpaired) electrons. The molecule has 6 heteroatoms. The molecule has 2 amide bonds. The summed E-state index contributed by atoms with van der Waals surface area (Å²) in [5.74, 6) is -0.0558. The molecule has 0 bridgehead atoms. The standard InChI is InChI=1S/C15H23N3O2S/c1-15(2,3)13(20)18-14-17-11(9-21-14)8-12(19)16-10-6-4-5-7-10/h9-10H,4-8H2,1-3H3,(H,16,19)(H,17,18,20). The van der Waals surface area contributed by atoms with Crippen molar-refractivity contribution in [2.24, 2.45) is 5.41 Å². The molecule has 1 aliphatic rings. The molecule has 1 saturated carbocycles. The normalized spacial score (nSPS) is 16.0. The Morgan fingerprint density at radius 2 is 2.00 bits per heavy atom. The molecule has 2 rings (SSSR count). The lowest BCUT2D eigenvalue weighted by molar-refractivity contribution is -0.123. The first-order valence-electron chi connectivity index (χ1n) is 7.40. The van der Waals surface area contributed by atoms with Crippen molar-refractivity contribution in [2.75, 3.05) is 5.32 Å². The highest BCUT2D eigenvalue weighted by Gasteiger charge is 2.22. The Morgan fingerprint density at radius 1 is 1.33 bits per heavy atom. The Hall–Kier alpha value is -1.43. The summed E-state index contributed by atoms with van der Waals surface area (Å²) in [6.45, 7) is 5.56. The lowest BCUT2D eigenvalue weighted by Gasteiger charge is -2.15. The van der Waals surface area contributed by atoms with E-state index in [1.807, 2.05) is 26.2 Å². The van der Waals surface area contributed by atoms with Crippen molar-refractivity contribution in [3.8, 4) is 0 Å². The number of amides is 2. The smallest absolute Gasteiger partial charge is 0.231 e. The van der Waals surface area contributed by atoms with Crippen LogP contribution in [0.1, 0.15) is 52.1 Å². The molecule has 0 unspecified atom stereocenters. The van der Waals surface area contributed by atoms with Crippen LogP contribution >= 0.6 is 11.3 Å². The third kappa shape index (κ3) is 4.81. The van der Waals surface area contributed by atoms with Crippen molar-refractivity contribution in [1.82, 2.24) is 10.3 Å². The first-order chi connectivity index (χ1) is 9.84. The van der Waals surface area contributed by atoms with Crippen molar-refractivity contribution in [3.05, 3.63) is 11.1 Å². The molecule has 1 aromatic heterocycles. The molecule has 0 aliphatic heterocycles. The van der Waals surface area contributed by atoms with Gasteiger partial charge in [-0.1, -0.05) is 33.6 Å². The van der Waals surface area contributed by atoms with Crippen molar-refractivity contribution in [1.29, 1.82) is 0 Å². The molecule has 0 spiro atoms. The van der Waals surface area contributed by atoms with E-state index >= 15 is 0 Å². The van der Waals surface area contributed by atoms with Crippen LogP contribution in [0.2, 0.25) is 0 Å². The average Bonchev–Trinajstić information content (AvgIpc) is 3.00. The van der Waals surface area contributed by atoms with E-state index < -0.39 is 5.41 Å². The maximum Gasteiger partial charge on any atom is 0.231 e. The molecule has 0 saturated heterocycles. The largest absolute Gasteiger partial charge is 0.353 e. The van der Waals surface area contributed by atoms with Gasteiger partial charge in [-0.2, -0.15) is 0 Å². The zero-order chi connectivity index (χ0) is 15.5. The van der Waals surface area contributed by atoms with E-state index in [1.54, 1.807) is 0 Å². The van der Waals surface area contributed by atoms with Gasteiger partial charge in [0.1, 0.15) is 0 Å². The van der Waals surface area contributed by atoms with E-state index in [2.05, 4.69) is 15.6 Å². The van der Waals surface area contributed by atoms with E-state index in [0.29, 0.717) is 16.9 Å². The van der Waals surface area contributed by atoms with E-state index in [-0.39, 0.29) is 18.2 Å². The van der Waals surface area contributed by atoms with Gasteiger partial charge in [0, 0.05) is 16.8 Å². The molecule has 1 fully saturated rings. The second kappa shape index (κ2) is 6.56. The van der Waals surface area contributed by atoms with Gasteiger partial charge in [0.05, 0.1) is 12.1 Å². The molecule has 0 aromatic carbocycles.